The van der Waals surface area contributed by atoms with Crippen LogP contribution in [0.3, 0.4) is 0 Å². The molecule has 1 saturated heterocycles. The van der Waals surface area contributed by atoms with Gasteiger partial charge in [0.25, 0.3) is 0 Å². The Kier molecular flexibility index (Phi) is 10.5. The van der Waals surface area contributed by atoms with Crippen LogP contribution in [0, 0.1) is 0 Å². The summed E-state index contributed by atoms with van der Waals surface area (Å²) in [5, 5.41) is 48.8. The summed E-state index contributed by atoms with van der Waals surface area (Å²) in [5.74, 6) is 0. The molecule has 0 aromatic heterocycles. The molecule has 8 nitrogen and oxygen atoms in total. The van der Waals surface area contributed by atoms with Crippen molar-refractivity contribution in [1.82, 2.24) is 14.7 Å². The number of hydrogen-bond donors (Lipinski definition) is 5. The van der Waals surface area contributed by atoms with E-state index < -0.39 is 24.9 Å². The molecule has 1 aliphatic rings. The van der Waals surface area contributed by atoms with Crippen LogP contribution in [0.1, 0.15) is 12.5 Å². The quantitative estimate of drug-likeness (QED) is 0.336. The Labute approximate surface area is 173 Å². The highest BCUT2D eigenvalue weighted by molar-refractivity contribution is 5.14. The van der Waals surface area contributed by atoms with Crippen LogP contribution in [0.4, 0.5) is 0 Å². The Bertz CT molecular complexity index is 565. The summed E-state index contributed by atoms with van der Waals surface area (Å²) in [6, 6.07) is 9.45. The summed E-state index contributed by atoms with van der Waals surface area (Å²) in [5.41, 5.74) is 1.21. The third kappa shape index (κ3) is 7.27. The zero-order chi connectivity index (χ0) is 21.2. The molecule has 0 radical (unpaired) electrons. The van der Waals surface area contributed by atoms with E-state index >= 15 is 0 Å². The summed E-state index contributed by atoms with van der Waals surface area (Å²) in [6.45, 7) is 5.92. The molecule has 8 heteroatoms. The van der Waals surface area contributed by atoms with Crippen molar-refractivity contribution < 1.29 is 25.5 Å². The molecule has 1 fully saturated rings. The summed E-state index contributed by atoms with van der Waals surface area (Å²) >= 11 is 0. The molecule has 2 rings (SSSR count). The molecule has 166 valence electrons. The van der Waals surface area contributed by atoms with E-state index in [1.165, 1.54) is 5.56 Å². The fraction of sp³-hybridized carbons (Fsp3) is 0.714. The predicted octanol–water partition coefficient (Wildman–Crippen LogP) is -1.44. The number of hydrogen-bond acceptors (Lipinski definition) is 8. The van der Waals surface area contributed by atoms with Crippen LogP contribution in [0.2, 0.25) is 0 Å². The van der Waals surface area contributed by atoms with Gasteiger partial charge in [-0.25, -0.2) is 0 Å². The van der Waals surface area contributed by atoms with Crippen molar-refractivity contribution in [2.45, 2.75) is 37.8 Å². The lowest BCUT2D eigenvalue weighted by Gasteiger charge is -2.36. The molecular weight excluding hydrogens is 374 g/mol. The van der Waals surface area contributed by atoms with Crippen molar-refractivity contribution in [3.63, 3.8) is 0 Å². The van der Waals surface area contributed by atoms with E-state index in [9.17, 15) is 25.5 Å². The lowest BCUT2D eigenvalue weighted by molar-refractivity contribution is -0.0211. The monoisotopic (exact) mass is 411 g/mol. The maximum absolute atomic E-state index is 10.2. The minimum atomic E-state index is -1.02. The van der Waals surface area contributed by atoms with Crippen molar-refractivity contribution in [2.75, 3.05) is 59.1 Å². The molecule has 0 aliphatic carbocycles. The molecule has 2 unspecified atom stereocenters. The summed E-state index contributed by atoms with van der Waals surface area (Å²) in [6.07, 6.45) is -1.85. The number of aliphatic hydroxyl groups excluding tert-OH is 5. The molecule has 0 spiro atoms. The zero-order valence-corrected chi connectivity index (χ0v) is 17.3. The third-order valence-corrected chi connectivity index (χ3v) is 5.94. The standard InChI is InChI=1S/C21H37N3O5/c1-17(20(28)15-26)23-9-7-22(13-18-5-3-2-4-6-18)8-10-24(12-11-23)19(14-25)21(29)16-27/h2-6,17,19-21,25-29H,7-16H2,1H3/t17?,19?,20-,21-/m1/s1. The van der Waals surface area contributed by atoms with E-state index in [0.717, 1.165) is 26.2 Å². The van der Waals surface area contributed by atoms with Gasteiger partial charge in [0, 0.05) is 51.9 Å². The van der Waals surface area contributed by atoms with E-state index in [1.807, 2.05) is 30.0 Å². The number of nitrogens with zero attached hydrogens (tertiary/aromatic N) is 3. The molecule has 1 aliphatic heterocycles. The zero-order valence-electron chi connectivity index (χ0n) is 17.3. The number of benzene rings is 1. The molecule has 1 aromatic rings. The van der Waals surface area contributed by atoms with Gasteiger partial charge < -0.3 is 25.5 Å². The first kappa shape index (κ1) is 24.2. The predicted molar refractivity (Wildman–Crippen MR) is 111 cm³/mol. The fourth-order valence-electron chi connectivity index (χ4n) is 3.87. The smallest absolute Gasteiger partial charge is 0.0947 e. The Hall–Kier alpha value is -1.10. The molecule has 0 saturated carbocycles. The van der Waals surface area contributed by atoms with Gasteiger partial charge in [0.05, 0.1) is 38.1 Å². The second kappa shape index (κ2) is 12.6. The average Bonchev–Trinajstić information content (AvgIpc) is 2.85. The number of rotatable bonds is 9. The Morgan fingerprint density at radius 2 is 1.31 bits per heavy atom. The van der Waals surface area contributed by atoms with Crippen molar-refractivity contribution in [3.8, 4) is 0 Å². The van der Waals surface area contributed by atoms with E-state index in [0.29, 0.717) is 19.6 Å². The van der Waals surface area contributed by atoms with Gasteiger partial charge in [0.2, 0.25) is 0 Å². The Morgan fingerprint density at radius 3 is 1.90 bits per heavy atom. The molecule has 1 heterocycles. The van der Waals surface area contributed by atoms with Crippen LogP contribution in [0.15, 0.2) is 30.3 Å². The van der Waals surface area contributed by atoms with Gasteiger partial charge in [-0.2, -0.15) is 0 Å². The van der Waals surface area contributed by atoms with Crippen molar-refractivity contribution in [3.05, 3.63) is 35.9 Å². The van der Waals surface area contributed by atoms with Crippen LogP contribution in [-0.4, -0.2) is 124 Å². The van der Waals surface area contributed by atoms with Gasteiger partial charge >= 0.3 is 0 Å². The first-order valence-electron chi connectivity index (χ1n) is 10.4. The van der Waals surface area contributed by atoms with E-state index in [2.05, 4.69) is 21.9 Å². The fourth-order valence-corrected chi connectivity index (χ4v) is 3.87. The Morgan fingerprint density at radius 1 is 0.759 bits per heavy atom. The van der Waals surface area contributed by atoms with Crippen LogP contribution in [0.5, 0.6) is 0 Å². The van der Waals surface area contributed by atoms with Crippen molar-refractivity contribution in [2.24, 2.45) is 0 Å². The minimum absolute atomic E-state index is 0.214. The molecule has 0 amide bonds. The largest absolute Gasteiger partial charge is 0.395 e. The van der Waals surface area contributed by atoms with Gasteiger partial charge in [-0.3, -0.25) is 14.7 Å². The van der Waals surface area contributed by atoms with Crippen LogP contribution < -0.4 is 0 Å². The van der Waals surface area contributed by atoms with Gasteiger partial charge in [-0.15, -0.1) is 0 Å². The summed E-state index contributed by atoms with van der Waals surface area (Å²) < 4.78 is 0. The Balaban J connectivity index is 2.16. The topological polar surface area (TPSA) is 111 Å². The van der Waals surface area contributed by atoms with E-state index in [4.69, 9.17) is 0 Å². The molecule has 4 atom stereocenters. The molecule has 5 N–H and O–H groups in total. The normalized spacial score (nSPS) is 22.3. The van der Waals surface area contributed by atoms with Crippen molar-refractivity contribution in [1.29, 1.82) is 0 Å². The number of aliphatic hydroxyl groups is 5. The van der Waals surface area contributed by atoms with E-state index in [-0.39, 0.29) is 19.3 Å². The molecule has 0 bridgehead atoms. The SMILES string of the molecule is CC([C@H](O)CO)N1CCN(Cc2ccccc2)CCN(C(CO)[C@H](O)CO)CC1. The maximum atomic E-state index is 10.2. The van der Waals surface area contributed by atoms with Gasteiger partial charge in [0.15, 0.2) is 0 Å². The lowest BCUT2D eigenvalue weighted by atomic mass is 10.1. The molecule has 1 aromatic carbocycles. The van der Waals surface area contributed by atoms with Gasteiger partial charge in [0.1, 0.15) is 0 Å². The van der Waals surface area contributed by atoms with Crippen molar-refractivity contribution >= 4 is 0 Å². The van der Waals surface area contributed by atoms with Gasteiger partial charge in [-0.1, -0.05) is 30.3 Å². The summed E-state index contributed by atoms with van der Waals surface area (Å²) in [7, 11) is 0. The highest BCUT2D eigenvalue weighted by Crippen LogP contribution is 2.13. The average molecular weight is 412 g/mol. The van der Waals surface area contributed by atoms with Gasteiger partial charge in [-0.05, 0) is 12.5 Å². The first-order chi connectivity index (χ1) is 14.0. The van der Waals surface area contributed by atoms with Crippen LogP contribution >= 0.6 is 0 Å². The maximum Gasteiger partial charge on any atom is 0.0947 e. The molecular formula is C21H37N3O5. The third-order valence-electron chi connectivity index (χ3n) is 5.94. The lowest BCUT2D eigenvalue weighted by Crippen LogP contribution is -2.52. The first-order valence-corrected chi connectivity index (χ1v) is 10.4. The second-order valence-electron chi connectivity index (χ2n) is 7.82. The minimum Gasteiger partial charge on any atom is -0.395 e. The van der Waals surface area contributed by atoms with E-state index in [1.54, 1.807) is 0 Å². The molecule has 29 heavy (non-hydrogen) atoms. The highest BCUT2D eigenvalue weighted by atomic mass is 16.3. The van der Waals surface area contributed by atoms with Crippen LogP contribution in [0.25, 0.3) is 0 Å². The highest BCUT2D eigenvalue weighted by Gasteiger charge is 2.29. The van der Waals surface area contributed by atoms with Crippen LogP contribution in [-0.2, 0) is 6.54 Å². The summed E-state index contributed by atoms with van der Waals surface area (Å²) in [4.78, 5) is 6.46. The second-order valence-corrected chi connectivity index (χ2v) is 7.82.